The molecule has 100 valence electrons. The molecular weight excluding hydrogens is 224 g/mol. The van der Waals surface area contributed by atoms with E-state index in [1.54, 1.807) is 0 Å². The van der Waals surface area contributed by atoms with Crippen LogP contribution in [0.4, 0.5) is 5.82 Å². The highest BCUT2D eigenvalue weighted by Gasteiger charge is 2.20. The van der Waals surface area contributed by atoms with Crippen LogP contribution >= 0.6 is 0 Å². The van der Waals surface area contributed by atoms with Gasteiger partial charge in [0.05, 0.1) is 18.1 Å². The summed E-state index contributed by atoms with van der Waals surface area (Å²) in [5, 5.41) is 3.10. The molecule has 2 rings (SSSR count). The van der Waals surface area contributed by atoms with Crippen LogP contribution in [0.25, 0.3) is 0 Å². The van der Waals surface area contributed by atoms with E-state index < -0.39 is 0 Å². The van der Waals surface area contributed by atoms with Gasteiger partial charge in [0, 0.05) is 19.1 Å². The Morgan fingerprint density at radius 2 is 2.17 bits per heavy atom. The Kier molecular flexibility index (Phi) is 4.93. The lowest BCUT2D eigenvalue weighted by molar-refractivity contribution is 0.551. The second kappa shape index (κ2) is 6.69. The maximum Gasteiger partial charge on any atom is 0.147 e. The largest absolute Gasteiger partial charge is 0.352 e. The molecule has 4 nitrogen and oxygen atoms in total. The fourth-order valence-electron chi connectivity index (χ4n) is 2.67. The minimum Gasteiger partial charge on any atom is -0.352 e. The zero-order valence-electron chi connectivity index (χ0n) is 11.5. The quantitative estimate of drug-likeness (QED) is 0.888. The van der Waals surface area contributed by atoms with Gasteiger partial charge in [-0.2, -0.15) is 0 Å². The van der Waals surface area contributed by atoms with Crippen LogP contribution in [0.1, 0.15) is 44.7 Å². The molecule has 0 saturated carbocycles. The standard InChI is InChI=1S/C14H24N4/c1-3-13-7-5-4-6-8-18(13)14-11-16-12(9-15-2)10-17-14/h10-11,13,15H,3-9H2,1-2H3. The van der Waals surface area contributed by atoms with Gasteiger partial charge in [-0.05, 0) is 26.3 Å². The molecule has 4 heteroatoms. The van der Waals surface area contributed by atoms with Gasteiger partial charge in [0.1, 0.15) is 5.82 Å². The molecule has 18 heavy (non-hydrogen) atoms. The maximum absolute atomic E-state index is 4.58. The Balaban J connectivity index is 2.11. The number of hydrogen-bond acceptors (Lipinski definition) is 4. The second-order valence-corrected chi connectivity index (χ2v) is 5.00. The third kappa shape index (κ3) is 3.19. The summed E-state index contributed by atoms with van der Waals surface area (Å²) in [5.41, 5.74) is 1.00. The minimum atomic E-state index is 0.636. The predicted octanol–water partition coefficient (Wildman–Crippen LogP) is 2.36. The van der Waals surface area contributed by atoms with E-state index >= 15 is 0 Å². The van der Waals surface area contributed by atoms with Crippen LogP contribution in [0.3, 0.4) is 0 Å². The molecule has 0 bridgehead atoms. The summed E-state index contributed by atoms with van der Waals surface area (Å²) < 4.78 is 0. The highest BCUT2D eigenvalue weighted by molar-refractivity contribution is 5.37. The lowest BCUT2D eigenvalue weighted by atomic mass is 10.1. The van der Waals surface area contributed by atoms with Crippen LogP contribution < -0.4 is 10.2 Å². The molecule has 1 aliphatic heterocycles. The van der Waals surface area contributed by atoms with E-state index in [1.807, 2.05) is 19.4 Å². The van der Waals surface area contributed by atoms with E-state index in [-0.39, 0.29) is 0 Å². The molecule has 1 fully saturated rings. The number of aromatic nitrogens is 2. The van der Waals surface area contributed by atoms with Crippen molar-refractivity contribution in [3.63, 3.8) is 0 Å². The molecule has 0 amide bonds. The highest BCUT2D eigenvalue weighted by atomic mass is 15.2. The van der Waals surface area contributed by atoms with E-state index in [1.165, 1.54) is 32.1 Å². The molecule has 1 aromatic rings. The third-order valence-corrected chi connectivity index (χ3v) is 3.69. The number of nitrogens with one attached hydrogen (secondary N) is 1. The summed E-state index contributed by atoms with van der Waals surface area (Å²) in [6, 6.07) is 0.636. The molecule has 0 aromatic carbocycles. The topological polar surface area (TPSA) is 41.1 Å². The summed E-state index contributed by atoms with van der Waals surface area (Å²) in [6.07, 6.45) is 10.3. The number of hydrogen-bond donors (Lipinski definition) is 1. The van der Waals surface area contributed by atoms with Crippen molar-refractivity contribution in [2.75, 3.05) is 18.5 Å². The van der Waals surface area contributed by atoms with Gasteiger partial charge in [0.15, 0.2) is 0 Å². The van der Waals surface area contributed by atoms with Crippen molar-refractivity contribution < 1.29 is 0 Å². The molecule has 1 atom stereocenters. The van der Waals surface area contributed by atoms with Crippen molar-refractivity contribution in [3.8, 4) is 0 Å². The van der Waals surface area contributed by atoms with Gasteiger partial charge in [0.25, 0.3) is 0 Å². The normalized spacial score (nSPS) is 20.8. The Bertz CT molecular complexity index is 349. The molecule has 2 heterocycles. The average Bonchev–Trinajstić information content (AvgIpc) is 2.65. The van der Waals surface area contributed by atoms with Gasteiger partial charge in [-0.1, -0.05) is 19.8 Å². The smallest absolute Gasteiger partial charge is 0.147 e. The fourth-order valence-corrected chi connectivity index (χ4v) is 2.67. The summed E-state index contributed by atoms with van der Waals surface area (Å²) in [4.78, 5) is 11.5. The minimum absolute atomic E-state index is 0.636. The van der Waals surface area contributed by atoms with Gasteiger partial charge < -0.3 is 10.2 Å². The Morgan fingerprint density at radius 3 is 2.83 bits per heavy atom. The molecule has 1 N–H and O–H groups in total. The highest BCUT2D eigenvalue weighted by Crippen LogP contribution is 2.23. The van der Waals surface area contributed by atoms with E-state index in [4.69, 9.17) is 0 Å². The monoisotopic (exact) mass is 248 g/mol. The first-order valence-electron chi connectivity index (χ1n) is 7.07. The van der Waals surface area contributed by atoms with Gasteiger partial charge in [0.2, 0.25) is 0 Å². The van der Waals surface area contributed by atoms with Gasteiger partial charge >= 0.3 is 0 Å². The summed E-state index contributed by atoms with van der Waals surface area (Å²) in [6.45, 7) is 4.18. The van der Waals surface area contributed by atoms with E-state index in [0.29, 0.717) is 6.04 Å². The Hall–Kier alpha value is -1.16. The first-order valence-corrected chi connectivity index (χ1v) is 7.07. The molecule has 1 aromatic heterocycles. The van der Waals surface area contributed by atoms with Crippen LogP contribution in [-0.2, 0) is 6.54 Å². The Morgan fingerprint density at radius 1 is 1.28 bits per heavy atom. The first-order chi connectivity index (χ1) is 8.85. The van der Waals surface area contributed by atoms with Crippen LogP contribution in [0.5, 0.6) is 0 Å². The Labute approximate surface area is 110 Å². The summed E-state index contributed by atoms with van der Waals surface area (Å²) in [5.74, 6) is 1.05. The molecular formula is C14H24N4. The van der Waals surface area contributed by atoms with Crippen molar-refractivity contribution >= 4 is 5.82 Å². The number of rotatable bonds is 4. The van der Waals surface area contributed by atoms with Crippen molar-refractivity contribution in [3.05, 3.63) is 18.1 Å². The van der Waals surface area contributed by atoms with Crippen molar-refractivity contribution in [2.45, 2.75) is 51.6 Å². The van der Waals surface area contributed by atoms with Crippen molar-refractivity contribution in [1.29, 1.82) is 0 Å². The zero-order chi connectivity index (χ0) is 12.8. The van der Waals surface area contributed by atoms with Gasteiger partial charge in [-0.15, -0.1) is 0 Å². The lowest BCUT2D eigenvalue weighted by Gasteiger charge is -2.30. The third-order valence-electron chi connectivity index (χ3n) is 3.69. The van der Waals surface area contributed by atoms with E-state index in [2.05, 4.69) is 27.1 Å². The molecule has 0 radical (unpaired) electrons. The molecule has 1 saturated heterocycles. The summed E-state index contributed by atoms with van der Waals surface area (Å²) in [7, 11) is 1.93. The van der Waals surface area contributed by atoms with Crippen molar-refractivity contribution in [1.82, 2.24) is 15.3 Å². The molecule has 0 spiro atoms. The summed E-state index contributed by atoms with van der Waals surface area (Å²) >= 11 is 0. The molecule has 0 aliphatic carbocycles. The molecule has 1 aliphatic rings. The zero-order valence-corrected chi connectivity index (χ0v) is 11.5. The van der Waals surface area contributed by atoms with Crippen LogP contribution in [0.15, 0.2) is 12.4 Å². The van der Waals surface area contributed by atoms with Crippen LogP contribution in [0, 0.1) is 0 Å². The van der Waals surface area contributed by atoms with E-state index in [9.17, 15) is 0 Å². The predicted molar refractivity (Wildman–Crippen MR) is 74.7 cm³/mol. The first kappa shape index (κ1) is 13.3. The number of anilines is 1. The van der Waals surface area contributed by atoms with Crippen LogP contribution in [-0.4, -0.2) is 29.6 Å². The van der Waals surface area contributed by atoms with E-state index in [0.717, 1.165) is 24.6 Å². The fraction of sp³-hybridized carbons (Fsp3) is 0.714. The number of nitrogens with zero attached hydrogens (tertiary/aromatic N) is 3. The lowest BCUT2D eigenvalue weighted by Crippen LogP contribution is -2.35. The average molecular weight is 248 g/mol. The second-order valence-electron chi connectivity index (χ2n) is 5.00. The molecule has 1 unspecified atom stereocenters. The maximum atomic E-state index is 4.58. The van der Waals surface area contributed by atoms with Crippen molar-refractivity contribution in [2.24, 2.45) is 0 Å². The SMILES string of the molecule is CCC1CCCCCN1c1cnc(CNC)cn1. The van der Waals surface area contributed by atoms with Gasteiger partial charge in [-0.25, -0.2) is 4.98 Å². The van der Waals surface area contributed by atoms with Crippen LogP contribution in [0.2, 0.25) is 0 Å². The van der Waals surface area contributed by atoms with Gasteiger partial charge in [-0.3, -0.25) is 4.98 Å².